The average molecular weight is 281 g/mol. The first-order valence-electron chi connectivity index (χ1n) is 5.46. The smallest absolute Gasteiger partial charge is 0.231 e. The number of hydrogen-bond donors (Lipinski definition) is 2. The molecule has 0 aliphatic rings. The maximum atomic E-state index is 5.71. The fraction of sp³-hybridized carbons (Fsp3) is 0.250. The van der Waals surface area contributed by atoms with Crippen molar-refractivity contribution in [2.75, 3.05) is 5.32 Å². The van der Waals surface area contributed by atoms with Crippen LogP contribution in [0.1, 0.15) is 23.3 Å². The molecule has 94 valence electrons. The SMILES string of the molecule is Cc1cc(Nc2ncnc(Cl)n2)cc(C(C)S)c1. The molecule has 4 nitrogen and oxygen atoms in total. The van der Waals surface area contributed by atoms with E-state index in [1.807, 2.05) is 26.0 Å². The lowest BCUT2D eigenvalue weighted by atomic mass is 10.1. The normalized spacial score (nSPS) is 12.2. The minimum atomic E-state index is 0.169. The van der Waals surface area contributed by atoms with Crippen LogP contribution in [0, 0.1) is 6.92 Å². The van der Waals surface area contributed by atoms with Crippen LogP contribution in [0.5, 0.6) is 0 Å². The molecule has 0 aliphatic carbocycles. The zero-order chi connectivity index (χ0) is 13.1. The van der Waals surface area contributed by atoms with Gasteiger partial charge in [-0.2, -0.15) is 17.6 Å². The van der Waals surface area contributed by atoms with Crippen molar-refractivity contribution in [2.24, 2.45) is 0 Å². The number of hydrogen-bond acceptors (Lipinski definition) is 5. The molecule has 18 heavy (non-hydrogen) atoms. The summed E-state index contributed by atoms with van der Waals surface area (Å²) < 4.78 is 0. The molecule has 1 aromatic carbocycles. The van der Waals surface area contributed by atoms with Gasteiger partial charge in [-0.1, -0.05) is 6.07 Å². The second-order valence-corrected chi connectivity index (χ2v) is 5.12. The van der Waals surface area contributed by atoms with Gasteiger partial charge in [0.15, 0.2) is 0 Å². The van der Waals surface area contributed by atoms with Crippen LogP contribution >= 0.6 is 24.2 Å². The van der Waals surface area contributed by atoms with E-state index in [-0.39, 0.29) is 10.5 Å². The van der Waals surface area contributed by atoms with Crippen molar-refractivity contribution < 1.29 is 0 Å². The lowest BCUT2D eigenvalue weighted by molar-refractivity contribution is 1.05. The van der Waals surface area contributed by atoms with Gasteiger partial charge in [-0.05, 0) is 48.7 Å². The van der Waals surface area contributed by atoms with Crippen molar-refractivity contribution in [3.05, 3.63) is 40.9 Å². The maximum absolute atomic E-state index is 5.71. The van der Waals surface area contributed by atoms with Gasteiger partial charge in [0, 0.05) is 10.9 Å². The first-order valence-corrected chi connectivity index (χ1v) is 6.35. The van der Waals surface area contributed by atoms with Crippen LogP contribution in [0.2, 0.25) is 5.28 Å². The van der Waals surface area contributed by atoms with Crippen LogP contribution in [-0.2, 0) is 0 Å². The van der Waals surface area contributed by atoms with Crippen LogP contribution in [0.15, 0.2) is 24.5 Å². The second kappa shape index (κ2) is 5.54. The van der Waals surface area contributed by atoms with Crippen LogP contribution < -0.4 is 5.32 Å². The Balaban J connectivity index is 2.29. The molecule has 6 heteroatoms. The molecular weight excluding hydrogens is 268 g/mol. The molecule has 1 unspecified atom stereocenters. The lowest BCUT2D eigenvalue weighted by Crippen LogP contribution is -1.99. The monoisotopic (exact) mass is 280 g/mol. The van der Waals surface area contributed by atoms with E-state index in [9.17, 15) is 0 Å². The molecule has 0 aliphatic heterocycles. The zero-order valence-corrected chi connectivity index (χ0v) is 11.7. The summed E-state index contributed by atoms with van der Waals surface area (Å²) in [5.74, 6) is 0.429. The van der Waals surface area contributed by atoms with Crippen LogP contribution in [0.25, 0.3) is 0 Å². The number of nitrogens with zero attached hydrogens (tertiary/aromatic N) is 3. The number of anilines is 2. The van der Waals surface area contributed by atoms with Gasteiger partial charge in [-0.15, -0.1) is 0 Å². The first kappa shape index (κ1) is 13.1. The predicted molar refractivity (Wildman–Crippen MR) is 76.7 cm³/mol. The molecule has 0 bridgehead atoms. The third-order valence-corrected chi connectivity index (χ3v) is 2.86. The number of aryl methyl sites for hydroxylation is 1. The largest absolute Gasteiger partial charge is 0.324 e. The summed E-state index contributed by atoms with van der Waals surface area (Å²) in [5, 5.41) is 3.44. The lowest BCUT2D eigenvalue weighted by Gasteiger charge is -2.10. The highest BCUT2D eigenvalue weighted by Gasteiger charge is 2.05. The van der Waals surface area contributed by atoms with Gasteiger partial charge >= 0.3 is 0 Å². The molecule has 2 rings (SSSR count). The zero-order valence-electron chi connectivity index (χ0n) is 10.1. The fourth-order valence-corrected chi connectivity index (χ4v) is 1.86. The third kappa shape index (κ3) is 3.34. The van der Waals surface area contributed by atoms with Gasteiger partial charge < -0.3 is 5.32 Å². The van der Waals surface area contributed by atoms with Crippen molar-refractivity contribution in [1.29, 1.82) is 0 Å². The molecule has 1 aromatic heterocycles. The fourth-order valence-electron chi connectivity index (χ4n) is 1.59. The highest BCUT2D eigenvalue weighted by molar-refractivity contribution is 7.80. The van der Waals surface area contributed by atoms with Gasteiger partial charge in [0.25, 0.3) is 0 Å². The topological polar surface area (TPSA) is 50.7 Å². The molecule has 0 radical (unpaired) electrons. The Bertz CT molecular complexity index is 560. The van der Waals surface area contributed by atoms with E-state index in [0.717, 1.165) is 16.8 Å². The molecule has 0 saturated carbocycles. The summed E-state index contributed by atoms with van der Waals surface area (Å²) >= 11 is 10.1. The summed E-state index contributed by atoms with van der Waals surface area (Å²) in [5.41, 5.74) is 3.20. The number of benzene rings is 1. The molecule has 1 N–H and O–H groups in total. The molecule has 1 atom stereocenters. The molecular formula is C12H13ClN4S. The first-order chi connectivity index (χ1) is 8.54. The molecule has 0 fully saturated rings. The van der Waals surface area contributed by atoms with Crippen LogP contribution in [0.4, 0.5) is 11.6 Å². The van der Waals surface area contributed by atoms with Crippen molar-refractivity contribution in [1.82, 2.24) is 15.0 Å². The number of rotatable bonds is 3. The summed E-state index contributed by atoms with van der Waals surface area (Å²) in [4.78, 5) is 11.7. The molecule has 0 saturated heterocycles. The Kier molecular flexibility index (Phi) is 4.04. The predicted octanol–water partition coefficient (Wildman–Crippen LogP) is 3.57. The average Bonchev–Trinajstić information content (AvgIpc) is 2.28. The Morgan fingerprint density at radius 2 is 2.06 bits per heavy atom. The quantitative estimate of drug-likeness (QED) is 0.844. The highest BCUT2D eigenvalue weighted by atomic mass is 35.5. The van der Waals surface area contributed by atoms with Crippen molar-refractivity contribution in [3.63, 3.8) is 0 Å². The maximum Gasteiger partial charge on any atom is 0.231 e. The molecule has 1 heterocycles. The number of aromatic nitrogens is 3. The second-order valence-electron chi connectivity index (χ2n) is 4.01. The van der Waals surface area contributed by atoms with Crippen molar-refractivity contribution in [2.45, 2.75) is 19.1 Å². The minimum Gasteiger partial charge on any atom is -0.324 e. The highest BCUT2D eigenvalue weighted by Crippen LogP contribution is 2.25. The van der Waals surface area contributed by atoms with E-state index in [2.05, 4.69) is 39.0 Å². The summed E-state index contributed by atoms with van der Waals surface area (Å²) in [6.45, 7) is 4.06. The third-order valence-electron chi connectivity index (χ3n) is 2.38. The molecule has 0 spiro atoms. The number of thiol groups is 1. The Morgan fingerprint density at radius 1 is 1.28 bits per heavy atom. The van der Waals surface area contributed by atoms with Crippen molar-refractivity contribution in [3.8, 4) is 0 Å². The number of nitrogens with one attached hydrogen (secondary N) is 1. The van der Waals surface area contributed by atoms with E-state index in [0.29, 0.717) is 5.95 Å². The van der Waals surface area contributed by atoms with E-state index in [1.165, 1.54) is 6.33 Å². The van der Waals surface area contributed by atoms with E-state index >= 15 is 0 Å². The van der Waals surface area contributed by atoms with Gasteiger partial charge in [0.2, 0.25) is 11.2 Å². The summed E-state index contributed by atoms with van der Waals surface area (Å²) in [6, 6.07) is 6.13. The van der Waals surface area contributed by atoms with Crippen LogP contribution in [-0.4, -0.2) is 15.0 Å². The Morgan fingerprint density at radius 3 is 2.72 bits per heavy atom. The molecule has 2 aromatic rings. The van der Waals surface area contributed by atoms with Crippen LogP contribution in [0.3, 0.4) is 0 Å². The summed E-state index contributed by atoms with van der Waals surface area (Å²) in [6.07, 6.45) is 1.37. The van der Waals surface area contributed by atoms with Gasteiger partial charge in [-0.3, -0.25) is 0 Å². The Labute approximate surface area is 116 Å². The Hall–Kier alpha value is -1.33. The van der Waals surface area contributed by atoms with E-state index in [1.54, 1.807) is 0 Å². The molecule has 0 amide bonds. The van der Waals surface area contributed by atoms with E-state index in [4.69, 9.17) is 11.6 Å². The van der Waals surface area contributed by atoms with Gasteiger partial charge in [0.05, 0.1) is 0 Å². The van der Waals surface area contributed by atoms with Crippen molar-refractivity contribution >= 4 is 35.9 Å². The minimum absolute atomic E-state index is 0.169. The summed E-state index contributed by atoms with van der Waals surface area (Å²) in [7, 11) is 0. The van der Waals surface area contributed by atoms with Gasteiger partial charge in [-0.25, -0.2) is 9.97 Å². The van der Waals surface area contributed by atoms with Gasteiger partial charge in [0.1, 0.15) is 6.33 Å². The standard InChI is InChI=1S/C12H13ClN4S/c1-7-3-9(8(2)18)5-10(4-7)16-12-15-6-14-11(13)17-12/h3-6,8,18H,1-2H3,(H,14,15,16,17). The number of halogens is 1. The van der Waals surface area contributed by atoms with E-state index < -0.39 is 0 Å².